The van der Waals surface area contributed by atoms with E-state index in [0.29, 0.717) is 10.7 Å². The van der Waals surface area contributed by atoms with Crippen molar-refractivity contribution in [2.45, 2.75) is 6.92 Å². The molecule has 80 valence electrons. The van der Waals surface area contributed by atoms with Crippen LogP contribution in [-0.2, 0) is 9.59 Å². The van der Waals surface area contributed by atoms with Crippen LogP contribution in [0.3, 0.4) is 0 Å². The number of halogens is 1. The molecule has 0 spiro atoms. The minimum Gasteiger partial charge on any atom is -0.351 e. The number of likely N-dealkylation sites (N-methyl/N-ethyl adjacent to an activating group) is 1. The second-order valence-electron chi connectivity index (χ2n) is 2.99. The Bertz CT molecular complexity index is 404. The second-order valence-corrected chi connectivity index (χ2v) is 3.43. The first-order valence-corrected chi connectivity index (χ1v) is 4.71. The van der Waals surface area contributed by atoms with E-state index in [0.717, 1.165) is 5.56 Å². The van der Waals surface area contributed by atoms with Crippen LogP contribution in [-0.4, -0.2) is 18.9 Å². The van der Waals surface area contributed by atoms with Gasteiger partial charge in [-0.1, -0.05) is 17.7 Å². The standard InChI is InChI=1S/C10H11ClN2O2/c1-6-3-4-7(11)5-8(6)13-10(15)9(14)12-2/h3-5H,1-2H3,(H,12,14)(H,13,15). The summed E-state index contributed by atoms with van der Waals surface area (Å²) in [6.45, 7) is 1.82. The van der Waals surface area contributed by atoms with E-state index in [1.54, 1.807) is 18.2 Å². The molecule has 2 amide bonds. The van der Waals surface area contributed by atoms with Crippen molar-refractivity contribution in [3.05, 3.63) is 28.8 Å². The summed E-state index contributed by atoms with van der Waals surface area (Å²) in [6, 6.07) is 5.08. The molecule has 4 nitrogen and oxygen atoms in total. The smallest absolute Gasteiger partial charge is 0.313 e. The number of anilines is 1. The Balaban J connectivity index is 2.85. The van der Waals surface area contributed by atoms with Crippen molar-refractivity contribution in [3.8, 4) is 0 Å². The molecule has 15 heavy (non-hydrogen) atoms. The minimum atomic E-state index is -0.706. The van der Waals surface area contributed by atoms with Gasteiger partial charge in [-0.05, 0) is 24.6 Å². The topological polar surface area (TPSA) is 58.2 Å². The predicted octanol–water partition coefficient (Wildman–Crippen LogP) is 1.33. The third-order valence-corrected chi connectivity index (χ3v) is 2.12. The molecule has 0 aromatic heterocycles. The Morgan fingerprint density at radius 3 is 2.53 bits per heavy atom. The van der Waals surface area contributed by atoms with Gasteiger partial charge in [0.15, 0.2) is 0 Å². The number of carbonyl (C=O) groups excluding carboxylic acids is 2. The molecule has 0 radical (unpaired) electrons. The maximum atomic E-state index is 11.2. The first-order valence-electron chi connectivity index (χ1n) is 4.34. The van der Waals surface area contributed by atoms with Crippen molar-refractivity contribution in [2.24, 2.45) is 0 Å². The molecule has 1 aromatic rings. The number of nitrogens with one attached hydrogen (secondary N) is 2. The molecule has 0 fully saturated rings. The Morgan fingerprint density at radius 2 is 1.93 bits per heavy atom. The summed E-state index contributed by atoms with van der Waals surface area (Å²) >= 11 is 5.76. The highest BCUT2D eigenvalue weighted by Crippen LogP contribution is 2.19. The molecule has 0 unspecified atom stereocenters. The van der Waals surface area contributed by atoms with Crippen molar-refractivity contribution in [2.75, 3.05) is 12.4 Å². The third-order valence-electron chi connectivity index (χ3n) is 1.88. The summed E-state index contributed by atoms with van der Waals surface area (Å²) in [6.07, 6.45) is 0. The monoisotopic (exact) mass is 226 g/mol. The van der Waals surface area contributed by atoms with E-state index < -0.39 is 11.8 Å². The normalized spacial score (nSPS) is 9.53. The molecule has 2 N–H and O–H groups in total. The van der Waals surface area contributed by atoms with Crippen molar-refractivity contribution in [1.82, 2.24) is 5.32 Å². The van der Waals surface area contributed by atoms with Crippen LogP contribution >= 0.6 is 11.6 Å². The van der Waals surface area contributed by atoms with Gasteiger partial charge < -0.3 is 10.6 Å². The SMILES string of the molecule is CNC(=O)C(=O)Nc1cc(Cl)ccc1C. The number of carbonyl (C=O) groups is 2. The Kier molecular flexibility index (Phi) is 3.68. The quantitative estimate of drug-likeness (QED) is 0.710. The number of rotatable bonds is 1. The summed E-state index contributed by atoms with van der Waals surface area (Å²) in [5, 5.41) is 5.21. The molecule has 0 aliphatic rings. The predicted molar refractivity (Wildman–Crippen MR) is 58.9 cm³/mol. The van der Waals surface area contributed by atoms with Gasteiger partial charge in [0.1, 0.15) is 0 Å². The van der Waals surface area contributed by atoms with Crippen LogP contribution < -0.4 is 10.6 Å². The van der Waals surface area contributed by atoms with E-state index in [9.17, 15) is 9.59 Å². The van der Waals surface area contributed by atoms with Crippen LogP contribution in [0.25, 0.3) is 0 Å². The van der Waals surface area contributed by atoms with Crippen molar-refractivity contribution in [1.29, 1.82) is 0 Å². The number of amides is 2. The van der Waals surface area contributed by atoms with Gasteiger partial charge in [0.05, 0.1) is 0 Å². The van der Waals surface area contributed by atoms with E-state index in [2.05, 4.69) is 10.6 Å². The van der Waals surface area contributed by atoms with Crippen molar-refractivity contribution < 1.29 is 9.59 Å². The Morgan fingerprint density at radius 1 is 1.27 bits per heavy atom. The lowest BCUT2D eigenvalue weighted by molar-refractivity contribution is -0.135. The van der Waals surface area contributed by atoms with Crippen LogP contribution in [0.1, 0.15) is 5.56 Å². The highest BCUT2D eigenvalue weighted by molar-refractivity contribution is 6.39. The lowest BCUT2D eigenvalue weighted by Gasteiger charge is -2.07. The van der Waals surface area contributed by atoms with Gasteiger partial charge in [-0.2, -0.15) is 0 Å². The number of hydrogen-bond donors (Lipinski definition) is 2. The molecule has 0 bridgehead atoms. The van der Waals surface area contributed by atoms with Gasteiger partial charge >= 0.3 is 11.8 Å². The van der Waals surface area contributed by atoms with Crippen LogP contribution in [0.15, 0.2) is 18.2 Å². The zero-order chi connectivity index (χ0) is 11.4. The third kappa shape index (κ3) is 2.95. The second kappa shape index (κ2) is 4.79. The van der Waals surface area contributed by atoms with Gasteiger partial charge in [-0.15, -0.1) is 0 Å². The fourth-order valence-corrected chi connectivity index (χ4v) is 1.19. The van der Waals surface area contributed by atoms with Crippen molar-refractivity contribution >= 4 is 29.1 Å². The first kappa shape index (κ1) is 11.5. The molecular formula is C10H11ClN2O2. The molecule has 0 saturated heterocycles. The maximum Gasteiger partial charge on any atom is 0.313 e. The largest absolute Gasteiger partial charge is 0.351 e. The molecule has 0 saturated carbocycles. The Labute approximate surface area is 92.6 Å². The minimum absolute atomic E-state index is 0.507. The van der Waals surface area contributed by atoms with Gasteiger partial charge in [-0.25, -0.2) is 0 Å². The number of benzene rings is 1. The van der Waals surface area contributed by atoms with Gasteiger partial charge in [0.2, 0.25) is 0 Å². The van der Waals surface area contributed by atoms with Crippen LogP contribution in [0.4, 0.5) is 5.69 Å². The van der Waals surface area contributed by atoms with Crippen molar-refractivity contribution in [3.63, 3.8) is 0 Å². The zero-order valence-electron chi connectivity index (χ0n) is 8.43. The summed E-state index contributed by atoms with van der Waals surface area (Å²) in [7, 11) is 1.40. The average molecular weight is 227 g/mol. The van der Waals surface area contributed by atoms with Crippen LogP contribution in [0.2, 0.25) is 5.02 Å². The fourth-order valence-electron chi connectivity index (χ4n) is 1.02. The fraction of sp³-hybridized carbons (Fsp3) is 0.200. The summed E-state index contributed by atoms with van der Waals surface area (Å²) < 4.78 is 0. The lowest BCUT2D eigenvalue weighted by atomic mass is 10.2. The molecule has 5 heteroatoms. The molecule has 0 atom stereocenters. The maximum absolute atomic E-state index is 11.2. The molecule has 0 heterocycles. The molecule has 1 aromatic carbocycles. The molecular weight excluding hydrogens is 216 g/mol. The Hall–Kier alpha value is -1.55. The summed E-state index contributed by atoms with van der Waals surface area (Å²) in [4.78, 5) is 22.2. The zero-order valence-corrected chi connectivity index (χ0v) is 9.18. The highest BCUT2D eigenvalue weighted by atomic mass is 35.5. The van der Waals surface area contributed by atoms with E-state index in [4.69, 9.17) is 11.6 Å². The van der Waals surface area contributed by atoms with Crippen LogP contribution in [0.5, 0.6) is 0 Å². The van der Waals surface area contributed by atoms with E-state index in [-0.39, 0.29) is 0 Å². The lowest BCUT2D eigenvalue weighted by Crippen LogP contribution is -2.32. The molecule has 1 rings (SSSR count). The average Bonchev–Trinajstić information content (AvgIpc) is 2.22. The van der Waals surface area contributed by atoms with Gasteiger partial charge in [0.25, 0.3) is 0 Å². The summed E-state index contributed by atoms with van der Waals surface area (Å²) in [5.41, 5.74) is 1.38. The number of hydrogen-bond acceptors (Lipinski definition) is 2. The summed E-state index contributed by atoms with van der Waals surface area (Å²) in [5.74, 6) is -1.39. The first-order chi connectivity index (χ1) is 7.04. The molecule has 0 aliphatic heterocycles. The van der Waals surface area contributed by atoms with E-state index >= 15 is 0 Å². The van der Waals surface area contributed by atoms with Gasteiger partial charge in [0, 0.05) is 17.8 Å². The van der Waals surface area contributed by atoms with E-state index in [1.165, 1.54) is 7.05 Å². The number of aryl methyl sites for hydroxylation is 1. The highest BCUT2D eigenvalue weighted by Gasteiger charge is 2.12. The van der Waals surface area contributed by atoms with Crippen LogP contribution in [0, 0.1) is 6.92 Å². The van der Waals surface area contributed by atoms with E-state index in [1.807, 2.05) is 6.92 Å². The van der Waals surface area contributed by atoms with Gasteiger partial charge in [-0.3, -0.25) is 9.59 Å². The molecule has 0 aliphatic carbocycles.